The normalized spacial score (nSPS) is 22.4. The minimum atomic E-state index is -0.379. The molecule has 0 unspecified atom stereocenters. The molecule has 0 spiro atoms. The first-order chi connectivity index (χ1) is 9.43. The molecule has 1 aliphatic heterocycles. The van der Waals surface area contributed by atoms with Crippen molar-refractivity contribution in [2.45, 2.75) is 40.0 Å². The number of aryl methyl sites for hydroxylation is 2. The summed E-state index contributed by atoms with van der Waals surface area (Å²) in [5.74, 6) is 0.139. The van der Waals surface area contributed by atoms with Crippen LogP contribution in [0.4, 0.5) is 0 Å². The first-order valence-electron chi connectivity index (χ1n) is 7.19. The predicted octanol–water partition coefficient (Wildman–Crippen LogP) is 3.00. The third-order valence-electron chi connectivity index (χ3n) is 4.17. The number of carbonyl (C=O) groups excluding carboxylic acids is 1. The number of rotatable bonds is 2. The van der Waals surface area contributed by atoms with E-state index in [9.17, 15) is 10.1 Å². The molecule has 3 heteroatoms. The third kappa shape index (κ3) is 3.19. The van der Waals surface area contributed by atoms with Gasteiger partial charge in [-0.2, -0.15) is 5.26 Å². The summed E-state index contributed by atoms with van der Waals surface area (Å²) in [7, 11) is 0. The van der Waals surface area contributed by atoms with Crippen LogP contribution in [-0.2, 0) is 11.2 Å². The first-order valence-corrected chi connectivity index (χ1v) is 7.19. The van der Waals surface area contributed by atoms with Crippen molar-refractivity contribution >= 4 is 5.91 Å². The molecule has 106 valence electrons. The minimum Gasteiger partial charge on any atom is -0.341 e. The van der Waals surface area contributed by atoms with Gasteiger partial charge in [-0.05, 0) is 44.7 Å². The molecule has 1 aromatic carbocycles. The summed E-state index contributed by atoms with van der Waals surface area (Å²) in [5.41, 5.74) is 3.05. The molecular weight excluding hydrogens is 248 g/mol. The van der Waals surface area contributed by atoms with E-state index in [0.29, 0.717) is 13.0 Å². The van der Waals surface area contributed by atoms with E-state index in [1.165, 1.54) is 5.56 Å². The highest BCUT2D eigenvalue weighted by atomic mass is 16.2. The molecule has 1 aliphatic rings. The van der Waals surface area contributed by atoms with Crippen molar-refractivity contribution in [1.82, 2.24) is 4.90 Å². The van der Waals surface area contributed by atoms with Gasteiger partial charge in [-0.15, -0.1) is 0 Å². The average molecular weight is 270 g/mol. The van der Waals surface area contributed by atoms with Crippen LogP contribution in [0.2, 0.25) is 0 Å². The van der Waals surface area contributed by atoms with Crippen LogP contribution in [0.3, 0.4) is 0 Å². The van der Waals surface area contributed by atoms with Crippen LogP contribution in [0, 0.1) is 30.6 Å². The number of carbonyl (C=O) groups is 1. The van der Waals surface area contributed by atoms with Gasteiger partial charge < -0.3 is 4.90 Å². The Kier molecular flexibility index (Phi) is 4.13. The van der Waals surface area contributed by atoms with Gasteiger partial charge in [0.05, 0.1) is 17.9 Å². The lowest BCUT2D eigenvalue weighted by Gasteiger charge is -2.36. The average Bonchev–Trinajstić information content (AvgIpc) is 2.43. The standard InChI is InChI=1S/C17H22N2O/c1-13-5-6-14(2)15(9-13)10-16(20)19-8-4-7-17(3,11-18)12-19/h5-6,9H,4,7-8,10,12H2,1-3H3/t17-/m1/s1. The summed E-state index contributed by atoms with van der Waals surface area (Å²) in [6.45, 7) is 7.37. The van der Waals surface area contributed by atoms with Gasteiger partial charge in [0.25, 0.3) is 0 Å². The Hall–Kier alpha value is -1.82. The topological polar surface area (TPSA) is 44.1 Å². The fraction of sp³-hybridized carbons (Fsp3) is 0.529. The van der Waals surface area contributed by atoms with Gasteiger partial charge in [-0.3, -0.25) is 4.79 Å². The van der Waals surface area contributed by atoms with E-state index in [-0.39, 0.29) is 11.3 Å². The van der Waals surface area contributed by atoms with E-state index in [2.05, 4.69) is 24.3 Å². The molecule has 1 aromatic rings. The zero-order valence-corrected chi connectivity index (χ0v) is 12.6. The SMILES string of the molecule is Cc1ccc(C)c(CC(=O)N2CCC[C@](C)(C#N)C2)c1. The molecule has 1 atom stereocenters. The number of nitriles is 1. The Morgan fingerprint density at radius 2 is 2.20 bits per heavy atom. The van der Waals surface area contributed by atoms with Gasteiger partial charge in [0.2, 0.25) is 5.91 Å². The van der Waals surface area contributed by atoms with E-state index >= 15 is 0 Å². The number of likely N-dealkylation sites (tertiary alicyclic amines) is 1. The molecule has 1 saturated heterocycles. The summed E-state index contributed by atoms with van der Waals surface area (Å²) in [5, 5.41) is 9.23. The molecule has 0 N–H and O–H groups in total. The fourth-order valence-corrected chi connectivity index (χ4v) is 2.81. The van der Waals surface area contributed by atoms with Crippen LogP contribution in [-0.4, -0.2) is 23.9 Å². The van der Waals surface area contributed by atoms with Crippen molar-refractivity contribution in [2.75, 3.05) is 13.1 Å². The molecule has 0 saturated carbocycles. The second kappa shape index (κ2) is 5.66. The van der Waals surface area contributed by atoms with Gasteiger partial charge in [-0.25, -0.2) is 0 Å². The smallest absolute Gasteiger partial charge is 0.227 e. The lowest BCUT2D eigenvalue weighted by atomic mass is 9.83. The highest BCUT2D eigenvalue weighted by molar-refractivity contribution is 5.79. The lowest BCUT2D eigenvalue weighted by Crippen LogP contribution is -2.44. The van der Waals surface area contributed by atoms with Crippen LogP contribution in [0.15, 0.2) is 18.2 Å². The van der Waals surface area contributed by atoms with E-state index in [1.807, 2.05) is 25.7 Å². The maximum absolute atomic E-state index is 12.5. The molecule has 3 nitrogen and oxygen atoms in total. The van der Waals surface area contributed by atoms with Gasteiger partial charge >= 0.3 is 0 Å². The van der Waals surface area contributed by atoms with Gasteiger partial charge in [0.1, 0.15) is 0 Å². The third-order valence-corrected chi connectivity index (χ3v) is 4.17. The largest absolute Gasteiger partial charge is 0.341 e. The van der Waals surface area contributed by atoms with Crippen LogP contribution >= 0.6 is 0 Å². The zero-order valence-electron chi connectivity index (χ0n) is 12.6. The summed E-state index contributed by atoms with van der Waals surface area (Å²) in [6, 6.07) is 8.57. The Labute approximate surface area is 121 Å². The Morgan fingerprint density at radius 3 is 2.90 bits per heavy atom. The highest BCUT2D eigenvalue weighted by Gasteiger charge is 2.33. The van der Waals surface area contributed by atoms with Gasteiger partial charge in [-0.1, -0.05) is 23.8 Å². The summed E-state index contributed by atoms with van der Waals surface area (Å²) in [6.07, 6.45) is 2.24. The van der Waals surface area contributed by atoms with Crippen LogP contribution in [0.5, 0.6) is 0 Å². The molecule has 0 bridgehead atoms. The summed E-state index contributed by atoms with van der Waals surface area (Å²) >= 11 is 0. The molecule has 1 heterocycles. The van der Waals surface area contributed by atoms with Crippen molar-refractivity contribution in [3.05, 3.63) is 34.9 Å². The van der Waals surface area contributed by atoms with Crippen molar-refractivity contribution in [1.29, 1.82) is 5.26 Å². The summed E-state index contributed by atoms with van der Waals surface area (Å²) < 4.78 is 0. The van der Waals surface area contributed by atoms with Crippen LogP contribution in [0.25, 0.3) is 0 Å². The molecule has 1 amide bonds. The van der Waals surface area contributed by atoms with Crippen LogP contribution < -0.4 is 0 Å². The van der Waals surface area contributed by atoms with Crippen molar-refractivity contribution in [3.8, 4) is 6.07 Å². The maximum atomic E-state index is 12.5. The number of piperidine rings is 1. The van der Waals surface area contributed by atoms with Crippen molar-refractivity contribution < 1.29 is 4.79 Å². The second-order valence-electron chi connectivity index (χ2n) is 6.20. The molecule has 1 fully saturated rings. The first kappa shape index (κ1) is 14.6. The van der Waals surface area contributed by atoms with E-state index in [1.54, 1.807) is 0 Å². The van der Waals surface area contributed by atoms with E-state index < -0.39 is 0 Å². The van der Waals surface area contributed by atoms with E-state index in [0.717, 1.165) is 30.5 Å². The quantitative estimate of drug-likeness (QED) is 0.829. The number of nitrogens with zero attached hydrogens (tertiary/aromatic N) is 2. The lowest BCUT2D eigenvalue weighted by molar-refractivity contribution is -0.132. The Morgan fingerprint density at radius 1 is 1.45 bits per heavy atom. The second-order valence-corrected chi connectivity index (χ2v) is 6.20. The highest BCUT2D eigenvalue weighted by Crippen LogP contribution is 2.28. The molecule has 2 rings (SSSR count). The van der Waals surface area contributed by atoms with Crippen LogP contribution in [0.1, 0.15) is 36.5 Å². The molecule has 20 heavy (non-hydrogen) atoms. The number of hydrogen-bond acceptors (Lipinski definition) is 2. The number of amides is 1. The van der Waals surface area contributed by atoms with Gasteiger partial charge in [0.15, 0.2) is 0 Å². The molecule has 0 radical (unpaired) electrons. The molecule has 0 aromatic heterocycles. The summed E-state index contributed by atoms with van der Waals surface area (Å²) in [4.78, 5) is 14.3. The Balaban J connectivity index is 2.09. The van der Waals surface area contributed by atoms with Crippen molar-refractivity contribution in [2.24, 2.45) is 5.41 Å². The van der Waals surface area contributed by atoms with Gasteiger partial charge in [0, 0.05) is 13.1 Å². The van der Waals surface area contributed by atoms with Crippen molar-refractivity contribution in [3.63, 3.8) is 0 Å². The molecular formula is C17H22N2O. The fourth-order valence-electron chi connectivity index (χ4n) is 2.81. The molecule has 0 aliphatic carbocycles. The number of hydrogen-bond donors (Lipinski definition) is 0. The van der Waals surface area contributed by atoms with E-state index in [4.69, 9.17) is 0 Å². The maximum Gasteiger partial charge on any atom is 0.227 e. The minimum absolute atomic E-state index is 0.139. The predicted molar refractivity (Wildman–Crippen MR) is 79.2 cm³/mol. The zero-order chi connectivity index (χ0) is 14.8. The Bertz CT molecular complexity index is 559. The monoisotopic (exact) mass is 270 g/mol. The number of benzene rings is 1.